The summed E-state index contributed by atoms with van der Waals surface area (Å²) in [7, 11) is 1.79. The van der Waals surface area contributed by atoms with E-state index in [1.165, 1.54) is 19.4 Å². The normalized spacial score (nSPS) is 21.4. The largest absolute Gasteiger partial charge is 0.466 e. The summed E-state index contributed by atoms with van der Waals surface area (Å²) in [6, 6.07) is 0. The second-order valence-electron chi connectivity index (χ2n) is 4.56. The van der Waals surface area contributed by atoms with Gasteiger partial charge >= 0.3 is 5.97 Å². The molecule has 1 aliphatic rings. The Balaban J connectivity index is 2.04. The minimum Gasteiger partial charge on any atom is -0.466 e. The van der Waals surface area contributed by atoms with Gasteiger partial charge in [-0.1, -0.05) is 0 Å². The SMILES string of the molecule is CCOC(=O)CCCCN1CCC[C@H](OC)C1. The van der Waals surface area contributed by atoms with Crippen LogP contribution < -0.4 is 0 Å². The fraction of sp³-hybridized carbons (Fsp3) is 0.923. The Labute approximate surface area is 104 Å². The number of rotatable bonds is 7. The lowest BCUT2D eigenvalue weighted by Crippen LogP contribution is -2.39. The molecule has 0 aromatic carbocycles. The predicted molar refractivity (Wildman–Crippen MR) is 67.0 cm³/mol. The minimum atomic E-state index is -0.0686. The van der Waals surface area contributed by atoms with Crippen molar-refractivity contribution in [3.8, 4) is 0 Å². The number of carbonyl (C=O) groups is 1. The Morgan fingerprint density at radius 3 is 2.94 bits per heavy atom. The first-order valence-electron chi connectivity index (χ1n) is 6.67. The second-order valence-corrected chi connectivity index (χ2v) is 4.56. The van der Waals surface area contributed by atoms with E-state index in [9.17, 15) is 4.79 Å². The lowest BCUT2D eigenvalue weighted by atomic mass is 10.1. The summed E-state index contributed by atoms with van der Waals surface area (Å²) in [5.41, 5.74) is 0. The van der Waals surface area contributed by atoms with E-state index in [-0.39, 0.29) is 5.97 Å². The van der Waals surface area contributed by atoms with Crippen molar-refractivity contribution in [3.63, 3.8) is 0 Å². The quantitative estimate of drug-likeness (QED) is 0.505. The molecule has 17 heavy (non-hydrogen) atoms. The standard InChI is InChI=1S/C13H25NO3/c1-3-17-13(15)8-4-5-9-14-10-6-7-12(11-14)16-2/h12H,3-11H2,1-2H3/t12-/m0/s1. The fourth-order valence-corrected chi connectivity index (χ4v) is 2.25. The summed E-state index contributed by atoms with van der Waals surface area (Å²) in [5.74, 6) is -0.0686. The molecule has 100 valence electrons. The molecule has 0 saturated carbocycles. The third-order valence-corrected chi connectivity index (χ3v) is 3.21. The van der Waals surface area contributed by atoms with Gasteiger partial charge in [-0.05, 0) is 45.7 Å². The number of likely N-dealkylation sites (tertiary alicyclic amines) is 1. The van der Waals surface area contributed by atoms with Gasteiger partial charge in [-0.2, -0.15) is 0 Å². The highest BCUT2D eigenvalue weighted by Gasteiger charge is 2.18. The Morgan fingerprint density at radius 1 is 1.41 bits per heavy atom. The molecule has 1 fully saturated rings. The maximum atomic E-state index is 11.1. The van der Waals surface area contributed by atoms with Crippen LogP contribution in [-0.4, -0.2) is 50.3 Å². The number of hydrogen-bond acceptors (Lipinski definition) is 4. The van der Waals surface area contributed by atoms with E-state index in [2.05, 4.69) is 4.90 Å². The fourth-order valence-electron chi connectivity index (χ4n) is 2.25. The zero-order valence-electron chi connectivity index (χ0n) is 11.1. The Hall–Kier alpha value is -0.610. The molecule has 0 unspecified atom stereocenters. The van der Waals surface area contributed by atoms with Crippen molar-refractivity contribution in [2.24, 2.45) is 0 Å². The molecular weight excluding hydrogens is 218 g/mol. The molecular formula is C13H25NO3. The lowest BCUT2D eigenvalue weighted by Gasteiger charge is -2.31. The Morgan fingerprint density at radius 2 is 2.24 bits per heavy atom. The summed E-state index contributed by atoms with van der Waals surface area (Å²) >= 11 is 0. The summed E-state index contributed by atoms with van der Waals surface area (Å²) in [6.07, 6.45) is 5.33. The maximum Gasteiger partial charge on any atom is 0.305 e. The van der Waals surface area contributed by atoms with Crippen molar-refractivity contribution in [3.05, 3.63) is 0 Å². The average molecular weight is 243 g/mol. The van der Waals surface area contributed by atoms with Crippen LogP contribution in [0.1, 0.15) is 39.0 Å². The van der Waals surface area contributed by atoms with E-state index in [0.29, 0.717) is 19.1 Å². The predicted octanol–water partition coefficient (Wildman–Crippen LogP) is 1.83. The minimum absolute atomic E-state index is 0.0686. The van der Waals surface area contributed by atoms with E-state index >= 15 is 0 Å². The average Bonchev–Trinajstić information content (AvgIpc) is 2.35. The van der Waals surface area contributed by atoms with Gasteiger partial charge in [0.15, 0.2) is 0 Å². The van der Waals surface area contributed by atoms with Gasteiger partial charge in [0, 0.05) is 20.1 Å². The van der Waals surface area contributed by atoms with E-state index < -0.39 is 0 Å². The first-order valence-corrected chi connectivity index (χ1v) is 6.67. The van der Waals surface area contributed by atoms with E-state index in [1.54, 1.807) is 7.11 Å². The first-order chi connectivity index (χ1) is 8.26. The van der Waals surface area contributed by atoms with Crippen molar-refractivity contribution in [1.82, 2.24) is 4.90 Å². The number of nitrogens with zero attached hydrogens (tertiary/aromatic N) is 1. The summed E-state index contributed by atoms with van der Waals surface area (Å²) in [6.45, 7) is 5.60. The van der Waals surface area contributed by atoms with Gasteiger partial charge in [0.05, 0.1) is 12.7 Å². The zero-order chi connectivity index (χ0) is 12.5. The number of hydrogen-bond donors (Lipinski definition) is 0. The van der Waals surface area contributed by atoms with Crippen LogP contribution in [-0.2, 0) is 14.3 Å². The smallest absolute Gasteiger partial charge is 0.305 e. The van der Waals surface area contributed by atoms with Crippen LogP contribution in [0.5, 0.6) is 0 Å². The number of carbonyl (C=O) groups excluding carboxylic acids is 1. The van der Waals surface area contributed by atoms with Crippen LogP contribution in [0.15, 0.2) is 0 Å². The van der Waals surface area contributed by atoms with Gasteiger partial charge in [0.25, 0.3) is 0 Å². The first kappa shape index (κ1) is 14.5. The molecule has 4 heteroatoms. The van der Waals surface area contributed by atoms with Gasteiger partial charge < -0.3 is 14.4 Å². The van der Waals surface area contributed by atoms with Crippen molar-refractivity contribution in [1.29, 1.82) is 0 Å². The number of methoxy groups -OCH3 is 1. The van der Waals surface area contributed by atoms with E-state index in [4.69, 9.17) is 9.47 Å². The number of esters is 1. The number of ether oxygens (including phenoxy) is 2. The maximum absolute atomic E-state index is 11.1. The molecule has 0 aromatic rings. The Kier molecular flexibility index (Phi) is 7.21. The monoisotopic (exact) mass is 243 g/mol. The zero-order valence-corrected chi connectivity index (χ0v) is 11.1. The molecule has 0 aliphatic carbocycles. The highest BCUT2D eigenvalue weighted by Crippen LogP contribution is 2.13. The molecule has 1 heterocycles. The van der Waals surface area contributed by atoms with Crippen molar-refractivity contribution >= 4 is 5.97 Å². The Bertz CT molecular complexity index is 221. The van der Waals surface area contributed by atoms with E-state index in [0.717, 1.165) is 25.9 Å². The molecule has 1 rings (SSSR count). The van der Waals surface area contributed by atoms with Gasteiger partial charge in [-0.25, -0.2) is 0 Å². The van der Waals surface area contributed by atoms with Crippen LogP contribution >= 0.6 is 0 Å². The molecule has 1 aliphatic heterocycles. The summed E-state index contributed by atoms with van der Waals surface area (Å²) in [4.78, 5) is 13.6. The molecule has 0 aromatic heterocycles. The molecule has 4 nitrogen and oxygen atoms in total. The summed E-state index contributed by atoms with van der Waals surface area (Å²) < 4.78 is 10.3. The molecule has 0 spiro atoms. The topological polar surface area (TPSA) is 38.8 Å². The second kappa shape index (κ2) is 8.48. The van der Waals surface area contributed by atoms with Crippen LogP contribution in [0, 0.1) is 0 Å². The third-order valence-electron chi connectivity index (χ3n) is 3.21. The van der Waals surface area contributed by atoms with Gasteiger partial charge in [-0.3, -0.25) is 4.79 Å². The van der Waals surface area contributed by atoms with Crippen LogP contribution in [0.25, 0.3) is 0 Å². The molecule has 0 radical (unpaired) electrons. The van der Waals surface area contributed by atoms with Crippen LogP contribution in [0.2, 0.25) is 0 Å². The van der Waals surface area contributed by atoms with Gasteiger partial charge in [0.1, 0.15) is 0 Å². The van der Waals surface area contributed by atoms with Gasteiger partial charge in [0.2, 0.25) is 0 Å². The lowest BCUT2D eigenvalue weighted by molar-refractivity contribution is -0.143. The van der Waals surface area contributed by atoms with Gasteiger partial charge in [-0.15, -0.1) is 0 Å². The van der Waals surface area contributed by atoms with Crippen molar-refractivity contribution in [2.45, 2.75) is 45.1 Å². The molecule has 0 bridgehead atoms. The highest BCUT2D eigenvalue weighted by atomic mass is 16.5. The highest BCUT2D eigenvalue weighted by molar-refractivity contribution is 5.69. The van der Waals surface area contributed by atoms with Crippen molar-refractivity contribution in [2.75, 3.05) is 33.4 Å². The van der Waals surface area contributed by atoms with Crippen LogP contribution in [0.3, 0.4) is 0 Å². The summed E-state index contributed by atoms with van der Waals surface area (Å²) in [5, 5.41) is 0. The van der Waals surface area contributed by atoms with Crippen molar-refractivity contribution < 1.29 is 14.3 Å². The number of unbranched alkanes of at least 4 members (excludes halogenated alkanes) is 1. The number of piperidine rings is 1. The molecule has 1 saturated heterocycles. The molecule has 0 N–H and O–H groups in total. The van der Waals surface area contributed by atoms with E-state index in [1.807, 2.05) is 6.92 Å². The third kappa shape index (κ3) is 6.03. The molecule has 0 amide bonds. The molecule has 1 atom stereocenters. The van der Waals surface area contributed by atoms with Crippen LogP contribution in [0.4, 0.5) is 0 Å².